The first-order valence-electron chi connectivity index (χ1n) is 4.10. The van der Waals surface area contributed by atoms with Crippen molar-refractivity contribution in [1.82, 2.24) is 0 Å². The SMILES string of the molecule is C=C(C)C(=O)[O-].O=C(O)c1ccccc1.[Na+]. The van der Waals surface area contributed by atoms with Crippen LogP contribution in [0.25, 0.3) is 0 Å². The van der Waals surface area contributed by atoms with Crippen molar-refractivity contribution in [2.45, 2.75) is 6.92 Å². The minimum absolute atomic E-state index is 0. The van der Waals surface area contributed by atoms with Crippen LogP contribution in [0, 0.1) is 0 Å². The van der Waals surface area contributed by atoms with E-state index in [2.05, 4.69) is 6.58 Å². The van der Waals surface area contributed by atoms with Crippen LogP contribution in [0.2, 0.25) is 0 Å². The number of aromatic carboxylic acids is 1. The average molecular weight is 230 g/mol. The van der Waals surface area contributed by atoms with Crippen LogP contribution in [-0.4, -0.2) is 17.0 Å². The normalized spacial score (nSPS) is 7.81. The molecule has 0 atom stereocenters. The molecule has 0 aliphatic heterocycles. The van der Waals surface area contributed by atoms with Crippen LogP contribution in [-0.2, 0) is 4.79 Å². The van der Waals surface area contributed by atoms with E-state index in [-0.39, 0.29) is 35.1 Å². The number of hydrogen-bond donors (Lipinski definition) is 1. The Hall–Kier alpha value is -1.10. The number of hydrogen-bond acceptors (Lipinski definition) is 3. The molecule has 0 aliphatic rings. The molecule has 4 nitrogen and oxygen atoms in total. The Balaban J connectivity index is 0. The van der Waals surface area contributed by atoms with Gasteiger partial charge < -0.3 is 15.0 Å². The minimum Gasteiger partial charge on any atom is -0.545 e. The summed E-state index contributed by atoms with van der Waals surface area (Å²) in [4.78, 5) is 19.7. The molecule has 1 aromatic carbocycles. The number of benzene rings is 1. The van der Waals surface area contributed by atoms with E-state index in [1.54, 1.807) is 30.3 Å². The third kappa shape index (κ3) is 8.23. The molecule has 1 aromatic rings. The second-order valence-corrected chi connectivity index (χ2v) is 2.74. The summed E-state index contributed by atoms with van der Waals surface area (Å²) in [5.41, 5.74) is 0.396. The second-order valence-electron chi connectivity index (χ2n) is 2.74. The van der Waals surface area contributed by atoms with E-state index in [1.807, 2.05) is 0 Å². The molecule has 0 radical (unpaired) electrons. The van der Waals surface area contributed by atoms with Crippen molar-refractivity contribution in [2.75, 3.05) is 0 Å². The van der Waals surface area contributed by atoms with Gasteiger partial charge in [0.15, 0.2) is 0 Å². The fourth-order valence-electron chi connectivity index (χ4n) is 0.581. The Bertz CT molecular complexity index is 348. The summed E-state index contributed by atoms with van der Waals surface area (Å²) in [7, 11) is 0. The van der Waals surface area contributed by atoms with Crippen molar-refractivity contribution >= 4 is 11.9 Å². The van der Waals surface area contributed by atoms with Gasteiger partial charge in [0.05, 0.1) is 11.5 Å². The maximum atomic E-state index is 10.2. The predicted molar refractivity (Wildman–Crippen MR) is 53.2 cm³/mol. The summed E-state index contributed by atoms with van der Waals surface area (Å²) in [5, 5.41) is 17.9. The van der Waals surface area contributed by atoms with Gasteiger partial charge in [-0.05, 0) is 24.6 Å². The third-order valence-corrected chi connectivity index (χ3v) is 1.37. The van der Waals surface area contributed by atoms with Crippen molar-refractivity contribution in [3.63, 3.8) is 0 Å². The number of rotatable bonds is 2. The molecule has 0 fully saturated rings. The maximum absolute atomic E-state index is 10.2. The summed E-state index contributed by atoms with van der Waals surface area (Å²) >= 11 is 0. The van der Waals surface area contributed by atoms with E-state index >= 15 is 0 Å². The van der Waals surface area contributed by atoms with Gasteiger partial charge in [-0.1, -0.05) is 24.8 Å². The molecule has 0 bridgehead atoms. The van der Waals surface area contributed by atoms with Crippen molar-refractivity contribution in [3.05, 3.63) is 48.0 Å². The van der Waals surface area contributed by atoms with Gasteiger partial charge in [0, 0.05) is 0 Å². The first kappa shape index (κ1) is 17.3. The molecule has 0 saturated heterocycles. The fourth-order valence-corrected chi connectivity index (χ4v) is 0.581. The van der Waals surface area contributed by atoms with Gasteiger partial charge in [0.25, 0.3) is 0 Å². The first-order chi connectivity index (χ1) is 6.95. The van der Waals surface area contributed by atoms with E-state index in [9.17, 15) is 14.7 Å². The van der Waals surface area contributed by atoms with E-state index in [1.165, 1.54) is 6.92 Å². The van der Waals surface area contributed by atoms with Crippen molar-refractivity contribution in [1.29, 1.82) is 0 Å². The summed E-state index contributed by atoms with van der Waals surface area (Å²) < 4.78 is 0. The van der Waals surface area contributed by atoms with Gasteiger partial charge in [-0.15, -0.1) is 0 Å². The maximum Gasteiger partial charge on any atom is 1.00 e. The zero-order valence-electron chi connectivity index (χ0n) is 9.27. The zero-order chi connectivity index (χ0) is 11.8. The van der Waals surface area contributed by atoms with E-state index < -0.39 is 11.9 Å². The quantitative estimate of drug-likeness (QED) is 0.458. The Morgan fingerprint density at radius 3 is 1.81 bits per heavy atom. The topological polar surface area (TPSA) is 77.4 Å². The largest absolute Gasteiger partial charge is 1.00 e. The molecule has 0 unspecified atom stereocenters. The van der Waals surface area contributed by atoms with Crippen LogP contribution in [0.4, 0.5) is 0 Å². The molecule has 0 aromatic heterocycles. The zero-order valence-corrected chi connectivity index (χ0v) is 11.3. The number of carboxylic acid groups (broad SMARTS) is 2. The van der Waals surface area contributed by atoms with Gasteiger partial charge in [0.2, 0.25) is 0 Å². The molecule has 1 rings (SSSR count). The van der Waals surface area contributed by atoms with Crippen LogP contribution in [0.15, 0.2) is 42.5 Å². The molecule has 0 spiro atoms. The van der Waals surface area contributed by atoms with E-state index in [0.29, 0.717) is 5.56 Å². The van der Waals surface area contributed by atoms with Gasteiger partial charge >= 0.3 is 35.5 Å². The van der Waals surface area contributed by atoms with Crippen molar-refractivity contribution in [3.8, 4) is 0 Å². The molecular formula is C11H11NaO4. The van der Waals surface area contributed by atoms with Crippen LogP contribution < -0.4 is 34.7 Å². The first-order valence-corrected chi connectivity index (χ1v) is 4.10. The number of carbonyl (C=O) groups is 2. The molecule has 0 heterocycles. The van der Waals surface area contributed by atoms with Gasteiger partial charge in [-0.2, -0.15) is 0 Å². The van der Waals surface area contributed by atoms with Crippen molar-refractivity contribution < 1.29 is 49.4 Å². The van der Waals surface area contributed by atoms with Crippen LogP contribution in [0.3, 0.4) is 0 Å². The average Bonchev–Trinajstić information content (AvgIpc) is 2.20. The molecule has 16 heavy (non-hydrogen) atoms. The Labute approximate surface area is 116 Å². The second kappa shape index (κ2) is 9.15. The van der Waals surface area contributed by atoms with E-state index in [0.717, 1.165) is 0 Å². The fraction of sp³-hybridized carbons (Fsp3) is 0.0909. The van der Waals surface area contributed by atoms with Crippen LogP contribution >= 0.6 is 0 Å². The van der Waals surface area contributed by atoms with Crippen LogP contribution in [0.1, 0.15) is 17.3 Å². The molecular weight excluding hydrogens is 219 g/mol. The van der Waals surface area contributed by atoms with Crippen molar-refractivity contribution in [2.24, 2.45) is 0 Å². The van der Waals surface area contributed by atoms with E-state index in [4.69, 9.17) is 5.11 Å². The number of carbonyl (C=O) groups excluding carboxylic acids is 1. The summed E-state index contributed by atoms with van der Waals surface area (Å²) in [6.07, 6.45) is 0. The molecule has 0 aliphatic carbocycles. The van der Waals surface area contributed by atoms with Gasteiger partial charge in [-0.25, -0.2) is 4.79 Å². The number of aliphatic carboxylic acids is 1. The third-order valence-electron chi connectivity index (χ3n) is 1.37. The minimum atomic E-state index is -1.19. The smallest absolute Gasteiger partial charge is 0.545 e. The monoisotopic (exact) mass is 230 g/mol. The predicted octanol–water partition coefficient (Wildman–Crippen LogP) is -2.30. The summed E-state index contributed by atoms with van der Waals surface area (Å²) in [6.45, 7) is 4.48. The molecule has 80 valence electrons. The Morgan fingerprint density at radius 1 is 1.25 bits per heavy atom. The Morgan fingerprint density at radius 2 is 1.62 bits per heavy atom. The molecule has 5 heteroatoms. The van der Waals surface area contributed by atoms with Gasteiger partial charge in [-0.3, -0.25) is 0 Å². The standard InChI is InChI=1S/C7H6O2.C4H6O2.Na/c8-7(9)6-4-2-1-3-5-6;1-3(2)4(5)6;/h1-5H,(H,8,9);1H2,2H3,(H,5,6);/q;;+1/p-1. The molecule has 0 saturated carbocycles. The van der Waals surface area contributed by atoms with Gasteiger partial charge in [0.1, 0.15) is 0 Å². The number of carboxylic acids is 2. The van der Waals surface area contributed by atoms with Crippen LogP contribution in [0.5, 0.6) is 0 Å². The summed E-state index contributed by atoms with van der Waals surface area (Å²) in [6, 6.07) is 8.30. The molecule has 0 amide bonds. The Kier molecular flexibility index (Phi) is 9.89. The molecule has 1 N–H and O–H groups in total. The summed E-state index contributed by atoms with van der Waals surface area (Å²) in [5.74, 6) is -2.06.